The first kappa shape index (κ1) is 19.9. The van der Waals surface area contributed by atoms with Crippen molar-refractivity contribution in [3.63, 3.8) is 0 Å². The van der Waals surface area contributed by atoms with Crippen LogP contribution in [0.4, 0.5) is 5.82 Å². The van der Waals surface area contributed by atoms with E-state index < -0.39 is 0 Å². The molecule has 1 aromatic carbocycles. The third kappa shape index (κ3) is 5.36. The van der Waals surface area contributed by atoms with Crippen LogP contribution in [0.3, 0.4) is 0 Å². The van der Waals surface area contributed by atoms with Crippen LogP contribution in [0.2, 0.25) is 0 Å². The number of rotatable bonds is 8. The average Bonchev–Trinajstić information content (AvgIpc) is 2.77. The second kappa shape index (κ2) is 9.94. The molecule has 1 saturated heterocycles. The Hall–Kier alpha value is -2.80. The van der Waals surface area contributed by atoms with Gasteiger partial charge in [-0.3, -0.25) is 4.79 Å². The molecule has 2 heterocycles. The minimum Gasteiger partial charge on any atom is -0.497 e. The van der Waals surface area contributed by atoms with E-state index in [0.29, 0.717) is 25.1 Å². The van der Waals surface area contributed by atoms with Crippen molar-refractivity contribution < 1.29 is 19.0 Å². The molecule has 1 aromatic heterocycles. The molecule has 1 N–H and O–H groups in total. The van der Waals surface area contributed by atoms with Gasteiger partial charge in [-0.15, -0.1) is 0 Å². The van der Waals surface area contributed by atoms with Gasteiger partial charge in [-0.2, -0.15) is 0 Å². The van der Waals surface area contributed by atoms with E-state index in [-0.39, 0.29) is 5.91 Å². The van der Waals surface area contributed by atoms with E-state index in [2.05, 4.69) is 21.3 Å². The summed E-state index contributed by atoms with van der Waals surface area (Å²) in [6.45, 7) is 3.56. The van der Waals surface area contributed by atoms with Crippen molar-refractivity contribution in [2.45, 2.75) is 19.4 Å². The summed E-state index contributed by atoms with van der Waals surface area (Å²) in [4.78, 5) is 18.9. The molecule has 1 aliphatic heterocycles. The Morgan fingerprint density at radius 2 is 2.00 bits per heavy atom. The van der Waals surface area contributed by atoms with Gasteiger partial charge in [0, 0.05) is 43.9 Å². The lowest BCUT2D eigenvalue weighted by Crippen LogP contribution is -2.36. The molecule has 7 heteroatoms. The molecular formula is C21H27N3O4. The molecule has 0 saturated carbocycles. The molecule has 150 valence electrons. The van der Waals surface area contributed by atoms with E-state index >= 15 is 0 Å². The van der Waals surface area contributed by atoms with Gasteiger partial charge in [-0.05, 0) is 36.2 Å². The lowest BCUT2D eigenvalue weighted by Gasteiger charge is -2.28. The standard InChI is InChI=1S/C21H27N3O4/c1-26-18-5-4-17(19(14-18)27-2)15-23-21(25)6-3-16-7-8-22-20(13-16)24-9-11-28-12-10-24/h4-5,7-8,13-14H,3,6,9-12,15H2,1-2H3,(H,23,25). The van der Waals surface area contributed by atoms with Crippen molar-refractivity contribution in [3.8, 4) is 11.5 Å². The predicted octanol–water partition coefficient (Wildman–Crippen LogP) is 2.18. The van der Waals surface area contributed by atoms with Gasteiger partial charge in [0.05, 0.1) is 27.4 Å². The maximum atomic E-state index is 12.3. The molecule has 0 spiro atoms. The summed E-state index contributed by atoms with van der Waals surface area (Å²) in [7, 11) is 3.22. The zero-order valence-electron chi connectivity index (χ0n) is 16.4. The van der Waals surface area contributed by atoms with Crippen molar-refractivity contribution in [2.75, 3.05) is 45.4 Å². The predicted molar refractivity (Wildman–Crippen MR) is 107 cm³/mol. The summed E-state index contributed by atoms with van der Waals surface area (Å²) in [6, 6.07) is 9.59. The Kier molecular flexibility index (Phi) is 7.08. The van der Waals surface area contributed by atoms with Crippen LogP contribution in [0.25, 0.3) is 0 Å². The van der Waals surface area contributed by atoms with Crippen molar-refractivity contribution in [1.29, 1.82) is 0 Å². The molecule has 0 radical (unpaired) electrons. The molecule has 0 bridgehead atoms. The topological polar surface area (TPSA) is 72.9 Å². The highest BCUT2D eigenvalue weighted by molar-refractivity contribution is 5.76. The number of hydrogen-bond acceptors (Lipinski definition) is 6. The van der Waals surface area contributed by atoms with E-state index in [1.165, 1.54) is 0 Å². The van der Waals surface area contributed by atoms with E-state index in [9.17, 15) is 4.79 Å². The SMILES string of the molecule is COc1ccc(CNC(=O)CCc2ccnc(N3CCOCC3)c2)c(OC)c1. The van der Waals surface area contributed by atoms with E-state index in [0.717, 1.165) is 49.0 Å². The third-order valence-corrected chi connectivity index (χ3v) is 4.76. The lowest BCUT2D eigenvalue weighted by atomic mass is 10.1. The maximum Gasteiger partial charge on any atom is 0.220 e. The van der Waals surface area contributed by atoms with Gasteiger partial charge in [-0.25, -0.2) is 4.98 Å². The second-order valence-electron chi connectivity index (χ2n) is 6.58. The summed E-state index contributed by atoms with van der Waals surface area (Å²) >= 11 is 0. The summed E-state index contributed by atoms with van der Waals surface area (Å²) < 4.78 is 15.9. The molecule has 0 atom stereocenters. The highest BCUT2D eigenvalue weighted by Crippen LogP contribution is 2.24. The number of ether oxygens (including phenoxy) is 3. The molecule has 2 aromatic rings. The molecule has 0 unspecified atom stereocenters. The Labute approximate surface area is 165 Å². The number of pyridine rings is 1. The number of morpholine rings is 1. The fourth-order valence-electron chi connectivity index (χ4n) is 3.12. The number of anilines is 1. The number of benzene rings is 1. The largest absolute Gasteiger partial charge is 0.497 e. The minimum atomic E-state index is 0.00241. The smallest absolute Gasteiger partial charge is 0.220 e. The number of carbonyl (C=O) groups is 1. The highest BCUT2D eigenvalue weighted by Gasteiger charge is 2.13. The molecule has 1 amide bonds. The normalized spacial score (nSPS) is 13.9. The number of nitrogens with zero attached hydrogens (tertiary/aromatic N) is 2. The van der Waals surface area contributed by atoms with Gasteiger partial charge in [0.25, 0.3) is 0 Å². The van der Waals surface area contributed by atoms with Crippen molar-refractivity contribution >= 4 is 11.7 Å². The molecule has 1 fully saturated rings. The molecule has 0 aliphatic carbocycles. The molecule has 3 rings (SSSR count). The summed E-state index contributed by atoms with van der Waals surface area (Å²) in [6.07, 6.45) is 2.90. The first-order valence-corrected chi connectivity index (χ1v) is 9.45. The van der Waals surface area contributed by atoms with Crippen LogP contribution in [0.5, 0.6) is 11.5 Å². The van der Waals surface area contributed by atoms with Crippen LogP contribution >= 0.6 is 0 Å². The number of nitrogens with one attached hydrogen (secondary N) is 1. The monoisotopic (exact) mass is 385 g/mol. The van der Waals surface area contributed by atoms with E-state index in [1.54, 1.807) is 20.4 Å². The zero-order chi connectivity index (χ0) is 19.8. The first-order chi connectivity index (χ1) is 13.7. The highest BCUT2D eigenvalue weighted by atomic mass is 16.5. The summed E-state index contributed by atoms with van der Waals surface area (Å²) in [5.41, 5.74) is 2.02. The Morgan fingerprint density at radius 3 is 2.75 bits per heavy atom. The number of hydrogen-bond donors (Lipinski definition) is 1. The zero-order valence-corrected chi connectivity index (χ0v) is 16.4. The van der Waals surface area contributed by atoms with Crippen molar-refractivity contribution in [3.05, 3.63) is 47.7 Å². The number of carbonyl (C=O) groups excluding carboxylic acids is 1. The van der Waals surface area contributed by atoms with Crippen LogP contribution in [0, 0.1) is 0 Å². The van der Waals surface area contributed by atoms with Crippen LogP contribution in [-0.4, -0.2) is 51.4 Å². The number of aryl methyl sites for hydroxylation is 1. The molecular weight excluding hydrogens is 358 g/mol. The van der Waals surface area contributed by atoms with Crippen molar-refractivity contribution in [1.82, 2.24) is 10.3 Å². The third-order valence-electron chi connectivity index (χ3n) is 4.76. The maximum absolute atomic E-state index is 12.3. The molecule has 7 nitrogen and oxygen atoms in total. The quantitative estimate of drug-likeness (QED) is 0.751. The Bertz CT molecular complexity index is 791. The summed E-state index contributed by atoms with van der Waals surface area (Å²) in [5.74, 6) is 2.37. The Morgan fingerprint density at radius 1 is 1.18 bits per heavy atom. The average molecular weight is 385 g/mol. The molecule has 1 aliphatic rings. The number of amides is 1. The fourth-order valence-corrected chi connectivity index (χ4v) is 3.12. The first-order valence-electron chi connectivity index (χ1n) is 9.45. The molecule has 28 heavy (non-hydrogen) atoms. The van der Waals surface area contributed by atoms with Gasteiger partial charge in [-0.1, -0.05) is 0 Å². The van der Waals surface area contributed by atoms with Gasteiger partial charge in [0.2, 0.25) is 5.91 Å². The number of aromatic nitrogens is 1. The lowest BCUT2D eigenvalue weighted by molar-refractivity contribution is -0.121. The van der Waals surface area contributed by atoms with Gasteiger partial charge in [0.15, 0.2) is 0 Å². The van der Waals surface area contributed by atoms with Crippen LogP contribution in [0.1, 0.15) is 17.5 Å². The van der Waals surface area contributed by atoms with Crippen LogP contribution in [0.15, 0.2) is 36.5 Å². The van der Waals surface area contributed by atoms with E-state index in [4.69, 9.17) is 14.2 Å². The van der Waals surface area contributed by atoms with E-state index in [1.807, 2.05) is 24.3 Å². The van der Waals surface area contributed by atoms with Gasteiger partial charge >= 0.3 is 0 Å². The van der Waals surface area contributed by atoms with Gasteiger partial charge in [0.1, 0.15) is 17.3 Å². The minimum absolute atomic E-state index is 0.00241. The van der Waals surface area contributed by atoms with Crippen LogP contribution in [-0.2, 0) is 22.5 Å². The summed E-state index contributed by atoms with van der Waals surface area (Å²) in [5, 5.41) is 2.96. The number of methoxy groups -OCH3 is 2. The fraction of sp³-hybridized carbons (Fsp3) is 0.429. The Balaban J connectivity index is 1.51. The van der Waals surface area contributed by atoms with Crippen LogP contribution < -0.4 is 19.7 Å². The second-order valence-corrected chi connectivity index (χ2v) is 6.58. The van der Waals surface area contributed by atoms with Crippen molar-refractivity contribution in [2.24, 2.45) is 0 Å². The van der Waals surface area contributed by atoms with Gasteiger partial charge < -0.3 is 24.4 Å².